The molecule has 0 aromatic carbocycles. The summed E-state index contributed by atoms with van der Waals surface area (Å²) in [5, 5.41) is 20.5. The predicted octanol–water partition coefficient (Wildman–Crippen LogP) is -0.975. The summed E-state index contributed by atoms with van der Waals surface area (Å²) >= 11 is 0. The largest absolute Gasteiger partial charge is 0.395 e. The third kappa shape index (κ3) is 7.35. The number of hydrogen-bond donors (Lipinski definition) is 5. The average Bonchev–Trinajstić information content (AvgIpc) is 2.71. The van der Waals surface area contributed by atoms with Crippen molar-refractivity contribution in [2.75, 3.05) is 43.5 Å². The van der Waals surface area contributed by atoms with Crippen molar-refractivity contribution in [1.29, 1.82) is 0 Å². The smallest absolute Gasteiger partial charge is 0.243 e. The van der Waals surface area contributed by atoms with Crippen molar-refractivity contribution in [2.45, 2.75) is 45.7 Å². The normalized spacial score (nSPS) is 21.0. The topological polar surface area (TPSA) is 149 Å². The third-order valence-corrected chi connectivity index (χ3v) is 4.90. The first-order valence-corrected chi connectivity index (χ1v) is 10.5. The average molecular weight is 436 g/mol. The highest BCUT2D eigenvalue weighted by Gasteiger charge is 2.27. The highest BCUT2D eigenvalue weighted by molar-refractivity contribution is 5.92. The van der Waals surface area contributed by atoms with Gasteiger partial charge in [0.05, 0.1) is 6.61 Å². The summed E-state index contributed by atoms with van der Waals surface area (Å²) in [5.41, 5.74) is 0.700. The lowest BCUT2D eigenvalue weighted by Gasteiger charge is -2.24. The number of aliphatic hydroxyl groups is 1. The first-order valence-electron chi connectivity index (χ1n) is 10.5. The van der Waals surface area contributed by atoms with Crippen molar-refractivity contribution in [3.8, 4) is 0 Å². The van der Waals surface area contributed by atoms with Crippen LogP contribution in [0.15, 0.2) is 6.07 Å². The van der Waals surface area contributed by atoms with Crippen molar-refractivity contribution < 1.29 is 19.5 Å². The highest BCUT2D eigenvalue weighted by Crippen LogP contribution is 2.14. The fourth-order valence-electron chi connectivity index (χ4n) is 3.04. The van der Waals surface area contributed by atoms with E-state index in [4.69, 9.17) is 0 Å². The number of nitrogens with one attached hydrogen (secondary N) is 4. The monoisotopic (exact) mass is 435 g/mol. The predicted molar refractivity (Wildman–Crippen MR) is 117 cm³/mol. The molecule has 0 spiro atoms. The Labute approximate surface area is 182 Å². The van der Waals surface area contributed by atoms with Gasteiger partial charge >= 0.3 is 0 Å². The van der Waals surface area contributed by atoms with Gasteiger partial charge in [-0.05, 0) is 12.8 Å². The molecule has 2 atom stereocenters. The van der Waals surface area contributed by atoms with Crippen molar-refractivity contribution in [3.05, 3.63) is 11.8 Å². The molecule has 11 nitrogen and oxygen atoms in total. The molecular weight excluding hydrogens is 402 g/mol. The number of nitrogens with zero attached hydrogens (tertiary/aromatic N) is 3. The van der Waals surface area contributed by atoms with Crippen LogP contribution in [0.5, 0.6) is 0 Å². The Kier molecular flexibility index (Phi) is 8.98. The number of aromatic nitrogens is 2. The molecule has 172 valence electrons. The van der Waals surface area contributed by atoms with Gasteiger partial charge in [-0.15, -0.1) is 0 Å². The highest BCUT2D eigenvalue weighted by atomic mass is 16.3. The van der Waals surface area contributed by atoms with Gasteiger partial charge in [0.2, 0.25) is 23.7 Å². The van der Waals surface area contributed by atoms with E-state index >= 15 is 0 Å². The van der Waals surface area contributed by atoms with Crippen molar-refractivity contribution in [2.24, 2.45) is 5.92 Å². The summed E-state index contributed by atoms with van der Waals surface area (Å²) in [6, 6.07) is 0.293. The SMILES string of the molecule is CC(C)[C@H]1NC(=O)CCNc2cc(nc(N(C)CCO)n2)CCNC(=O)[C@H](C)NC1=O. The van der Waals surface area contributed by atoms with Crippen LogP contribution in [0, 0.1) is 5.92 Å². The Morgan fingerprint density at radius 1 is 1.10 bits per heavy atom. The van der Waals surface area contributed by atoms with Crippen LogP contribution in [0.3, 0.4) is 0 Å². The molecule has 31 heavy (non-hydrogen) atoms. The van der Waals surface area contributed by atoms with Crippen LogP contribution in [0.2, 0.25) is 0 Å². The van der Waals surface area contributed by atoms with Gasteiger partial charge in [-0.3, -0.25) is 14.4 Å². The number of anilines is 2. The summed E-state index contributed by atoms with van der Waals surface area (Å²) in [6.07, 6.45) is 0.604. The molecule has 1 aliphatic rings. The second-order valence-electron chi connectivity index (χ2n) is 7.93. The molecule has 5 N–H and O–H groups in total. The van der Waals surface area contributed by atoms with E-state index in [0.29, 0.717) is 43.5 Å². The maximum absolute atomic E-state index is 12.6. The molecule has 0 unspecified atom stereocenters. The van der Waals surface area contributed by atoms with E-state index in [-0.39, 0.29) is 30.8 Å². The molecule has 3 amide bonds. The Balaban J connectivity index is 2.25. The zero-order valence-electron chi connectivity index (χ0n) is 18.6. The first-order chi connectivity index (χ1) is 14.7. The van der Waals surface area contributed by atoms with E-state index in [2.05, 4.69) is 31.2 Å². The number of likely N-dealkylation sites (N-methyl/N-ethyl adjacent to an activating group) is 1. The lowest BCUT2D eigenvalue weighted by atomic mass is 10.0. The van der Waals surface area contributed by atoms with E-state index in [9.17, 15) is 19.5 Å². The second-order valence-corrected chi connectivity index (χ2v) is 7.93. The molecule has 1 aromatic heterocycles. The zero-order chi connectivity index (χ0) is 23.0. The van der Waals surface area contributed by atoms with Crippen molar-refractivity contribution in [3.63, 3.8) is 0 Å². The van der Waals surface area contributed by atoms with Crippen LogP contribution < -0.4 is 26.2 Å². The number of aliphatic hydroxyl groups excluding tert-OH is 1. The first kappa shape index (κ1) is 24.3. The lowest BCUT2D eigenvalue weighted by molar-refractivity contribution is -0.132. The van der Waals surface area contributed by atoms with Crippen LogP contribution in [0.25, 0.3) is 0 Å². The van der Waals surface area contributed by atoms with Gasteiger partial charge < -0.3 is 31.3 Å². The molecule has 2 rings (SSSR count). The van der Waals surface area contributed by atoms with E-state index in [1.165, 1.54) is 0 Å². The molecule has 1 aliphatic heterocycles. The quantitative estimate of drug-likeness (QED) is 0.405. The number of fused-ring (bicyclic) bond motifs is 2. The molecule has 11 heteroatoms. The Hall–Kier alpha value is -2.95. The number of carbonyl (C=O) groups is 3. The molecule has 2 heterocycles. The van der Waals surface area contributed by atoms with Crippen LogP contribution in [-0.2, 0) is 20.8 Å². The minimum absolute atomic E-state index is 0.0380. The van der Waals surface area contributed by atoms with Gasteiger partial charge in [0, 0.05) is 51.3 Å². The fourth-order valence-corrected chi connectivity index (χ4v) is 3.04. The number of hydrogen-bond acceptors (Lipinski definition) is 8. The van der Waals surface area contributed by atoms with Crippen LogP contribution in [-0.4, -0.2) is 78.2 Å². The van der Waals surface area contributed by atoms with E-state index < -0.39 is 18.0 Å². The second kappa shape index (κ2) is 11.4. The molecule has 0 radical (unpaired) electrons. The lowest BCUT2D eigenvalue weighted by Crippen LogP contribution is -2.54. The maximum Gasteiger partial charge on any atom is 0.243 e. The third-order valence-electron chi connectivity index (χ3n) is 4.90. The zero-order valence-corrected chi connectivity index (χ0v) is 18.6. The Morgan fingerprint density at radius 3 is 2.48 bits per heavy atom. The van der Waals surface area contributed by atoms with Crippen LogP contribution in [0.4, 0.5) is 11.8 Å². The molecule has 0 fully saturated rings. The summed E-state index contributed by atoms with van der Waals surface area (Å²) in [6.45, 7) is 6.26. The summed E-state index contributed by atoms with van der Waals surface area (Å²) in [7, 11) is 1.77. The van der Waals surface area contributed by atoms with Gasteiger partial charge in [-0.25, -0.2) is 4.98 Å². The summed E-state index contributed by atoms with van der Waals surface area (Å²) < 4.78 is 0. The van der Waals surface area contributed by atoms with Gasteiger partial charge in [0.1, 0.15) is 17.9 Å². The van der Waals surface area contributed by atoms with E-state index in [1.807, 2.05) is 13.8 Å². The van der Waals surface area contributed by atoms with Gasteiger partial charge in [0.15, 0.2) is 0 Å². The van der Waals surface area contributed by atoms with Crippen LogP contribution in [0.1, 0.15) is 32.9 Å². The number of rotatable bonds is 4. The fraction of sp³-hybridized carbons (Fsp3) is 0.650. The molecule has 2 bridgehead atoms. The standard InChI is InChI=1S/C20H33N7O4/c1-12(2)17-19(31)23-13(3)18(30)22-7-5-14-11-15(21-8-6-16(29)26-17)25-20(24-14)27(4)9-10-28/h11-13,17,28H,5-10H2,1-4H3,(H,22,30)(H,23,31)(H,26,29)(H,21,24,25)/t13-,17+/m0/s1. The molecule has 0 saturated carbocycles. The summed E-state index contributed by atoms with van der Waals surface area (Å²) in [5.74, 6) is -0.151. The van der Waals surface area contributed by atoms with Crippen molar-refractivity contribution >= 4 is 29.5 Å². The molecule has 0 aliphatic carbocycles. The maximum atomic E-state index is 12.6. The van der Waals surface area contributed by atoms with Gasteiger partial charge in [0.25, 0.3) is 0 Å². The van der Waals surface area contributed by atoms with Crippen molar-refractivity contribution in [1.82, 2.24) is 25.9 Å². The van der Waals surface area contributed by atoms with Gasteiger partial charge in [-0.2, -0.15) is 4.98 Å². The summed E-state index contributed by atoms with van der Waals surface area (Å²) in [4.78, 5) is 48.0. The van der Waals surface area contributed by atoms with E-state index in [0.717, 1.165) is 0 Å². The molecule has 1 aromatic rings. The minimum atomic E-state index is -0.743. The number of carbonyl (C=O) groups excluding carboxylic acids is 3. The number of amides is 3. The molecular formula is C20H33N7O4. The Morgan fingerprint density at radius 2 is 1.81 bits per heavy atom. The minimum Gasteiger partial charge on any atom is -0.395 e. The van der Waals surface area contributed by atoms with Gasteiger partial charge in [-0.1, -0.05) is 13.8 Å². The van der Waals surface area contributed by atoms with Crippen LogP contribution >= 0.6 is 0 Å². The Bertz CT molecular complexity index is 787. The van der Waals surface area contributed by atoms with E-state index in [1.54, 1.807) is 24.9 Å². The molecule has 0 saturated heterocycles.